The van der Waals surface area contributed by atoms with Crippen molar-refractivity contribution in [1.82, 2.24) is 44.8 Å². The van der Waals surface area contributed by atoms with E-state index in [1.807, 2.05) is 116 Å². The molecule has 616 valence electrons. The van der Waals surface area contributed by atoms with E-state index in [-0.39, 0.29) is 59.5 Å². The van der Waals surface area contributed by atoms with Crippen molar-refractivity contribution in [3.8, 4) is 10.4 Å². The minimum Gasteiger partial charge on any atom is -0.391 e. The fourth-order valence-electron chi connectivity index (χ4n) is 16.7. The largest absolute Gasteiger partial charge is 0.501 e. The van der Waals surface area contributed by atoms with Gasteiger partial charge in [-0.1, -0.05) is 106 Å². The lowest BCUT2D eigenvalue weighted by atomic mass is 9.69. The van der Waals surface area contributed by atoms with Crippen LogP contribution >= 0.6 is 34.7 Å². The van der Waals surface area contributed by atoms with E-state index in [1.165, 1.54) is 45.5 Å². The van der Waals surface area contributed by atoms with Crippen LogP contribution in [0, 0.1) is 23.2 Å². The van der Waals surface area contributed by atoms with Crippen molar-refractivity contribution in [2.24, 2.45) is 16.2 Å². The summed E-state index contributed by atoms with van der Waals surface area (Å²) in [6, 6.07) is 31.5. The predicted molar refractivity (Wildman–Crippen MR) is 440 cm³/mol. The second-order valence-corrected chi connectivity index (χ2v) is 39.1. The molecule has 6 aliphatic rings. The zero-order chi connectivity index (χ0) is 81.3. The summed E-state index contributed by atoms with van der Waals surface area (Å²) in [4.78, 5) is 86.0. The molecule has 0 bridgehead atoms. The standard InChI is InChI=1S/C84H107ClF3N11O11S4/c1-57(59-17-19-61(20-18-59)76-58(2)89-56-112-76)90-79(104)72-47-67(100)51-99(72)80(105)77(81(3,4)5)92-74(101)15-11-8-12-16-75(102)98-54-83(55-98)34-37-96(38-35-83)53-82(6)33-31-70(60-21-25-64(85)26-22-60)63(49-82)50-95-39-41-97(42-40-95)66-27-23-62(24-28-66)78(103)93-114(108,109)69-29-30-71(73(48-69)113(106,107)84(86,87)88)91-65(32-36-94-43-45-110-46-44-94)52-111-68-13-9-7-10-14-68/h7,9-10,13-14,17-30,48,56-57,65,67,72,77,91,100H,8,11-12,15-16,31-47,49-55H2,1-6H3,(H,90,104)(H,92,101)(H,93,103)/t57-,65+,67+,72-,77+,82?/m0/s1. The number of likely N-dealkylation sites (tertiary alicyclic amines) is 3. The predicted octanol–water partition coefficient (Wildman–Crippen LogP) is 12.5. The number of piperidine rings is 1. The molecule has 5 fully saturated rings. The molecule has 5 aromatic carbocycles. The Balaban J connectivity index is 0.580. The first-order chi connectivity index (χ1) is 54.2. The number of aromatic nitrogens is 1. The highest BCUT2D eigenvalue weighted by Crippen LogP contribution is 2.47. The molecule has 30 heteroatoms. The van der Waals surface area contributed by atoms with Crippen molar-refractivity contribution in [2.45, 2.75) is 169 Å². The quantitative estimate of drug-likeness (QED) is 0.0207. The number of rotatable bonds is 30. The third kappa shape index (κ3) is 21.7. The van der Waals surface area contributed by atoms with Gasteiger partial charge in [0.2, 0.25) is 23.6 Å². The number of piperazine rings is 1. The second kappa shape index (κ2) is 37.0. The second-order valence-electron chi connectivity index (χ2n) is 33.1. The average Bonchev–Trinajstić information content (AvgIpc) is 0.869. The number of aryl methyl sites for hydroxylation is 1. The summed E-state index contributed by atoms with van der Waals surface area (Å²) in [5, 5.41) is 20.5. The highest BCUT2D eigenvalue weighted by Gasteiger charge is 2.50. The number of carbonyl (C=O) groups is 5. The molecule has 114 heavy (non-hydrogen) atoms. The van der Waals surface area contributed by atoms with Crippen molar-refractivity contribution in [2.75, 3.05) is 121 Å². The molecule has 1 spiro atoms. The first-order valence-corrected chi connectivity index (χ1v) is 44.8. The van der Waals surface area contributed by atoms with Crippen LogP contribution in [-0.2, 0) is 43.8 Å². The average molecular weight is 1670 g/mol. The van der Waals surface area contributed by atoms with Crippen molar-refractivity contribution >= 4 is 101 Å². The van der Waals surface area contributed by atoms with Gasteiger partial charge in [0.15, 0.2) is 0 Å². The number of anilines is 2. The normalized spacial score (nSPS) is 20.9. The summed E-state index contributed by atoms with van der Waals surface area (Å²) in [6.07, 6.45) is 6.96. The Bertz CT molecular complexity index is 4620. The van der Waals surface area contributed by atoms with Gasteiger partial charge >= 0.3 is 5.51 Å². The van der Waals surface area contributed by atoms with Crippen molar-refractivity contribution in [1.29, 1.82) is 0 Å². The Hall–Kier alpha value is -7.45. The van der Waals surface area contributed by atoms with E-state index in [2.05, 4.69) is 59.6 Å². The zero-order valence-electron chi connectivity index (χ0n) is 65.8. The fourth-order valence-corrected chi connectivity index (χ4v) is 20.6. The Morgan fingerprint density at radius 2 is 1.46 bits per heavy atom. The summed E-state index contributed by atoms with van der Waals surface area (Å²) >= 11 is 9.42. The third-order valence-electron chi connectivity index (χ3n) is 23.3. The molecule has 22 nitrogen and oxygen atoms in total. The molecule has 6 atom stereocenters. The van der Waals surface area contributed by atoms with E-state index in [4.69, 9.17) is 16.3 Å². The minimum atomic E-state index is -6.11. The van der Waals surface area contributed by atoms with Crippen LogP contribution in [0.4, 0.5) is 24.5 Å². The fraction of sp³-hybridized carbons (Fsp3) is 0.524. The number of hydrogen-bond donors (Lipinski definition) is 5. The summed E-state index contributed by atoms with van der Waals surface area (Å²) < 4.78 is 105. The van der Waals surface area contributed by atoms with E-state index in [0.717, 1.165) is 129 Å². The van der Waals surface area contributed by atoms with Crippen LogP contribution in [0.2, 0.25) is 5.02 Å². The van der Waals surface area contributed by atoms with Crippen LogP contribution in [0.3, 0.4) is 0 Å². The molecular weight excluding hydrogens is 1560 g/mol. The number of carbonyl (C=O) groups excluding carboxylic acids is 5. The lowest BCUT2D eigenvalue weighted by Crippen LogP contribution is -2.62. The maximum absolute atomic E-state index is 14.4. The van der Waals surface area contributed by atoms with Gasteiger partial charge in [-0.25, -0.2) is 26.5 Å². The Kier molecular flexibility index (Phi) is 27.9. The van der Waals surface area contributed by atoms with Crippen LogP contribution in [-0.4, -0.2) is 221 Å². The topological polar surface area (TPSA) is 264 Å². The number of alkyl halides is 3. The molecule has 5 amide bonds. The number of amides is 5. The number of halogens is 4. The molecule has 5 aliphatic heterocycles. The van der Waals surface area contributed by atoms with Crippen LogP contribution in [0.15, 0.2) is 147 Å². The number of aliphatic hydroxyl groups is 1. The number of thiazole rings is 1. The molecular formula is C84H107ClF3N11O11S4. The SMILES string of the molecule is Cc1ncsc1-c1ccc([C@H](C)NC(=O)[C@@H]2C[C@@H](O)CN2C(=O)[C@@H](NC(=O)CCCCCC(=O)N2CC3(CCN(CC4(C)CCC(c5ccc(Cl)cc5)=C(CN5CCN(c6ccc(C(=O)NS(=O)(=O)c7ccc(N[C@H](CCN8CCOCC8)CSc8ccccc8)c(S(=O)(=O)C(F)(F)F)c7)cc6)CC5)C4)CC3)C2)C(C)(C)C)cc1. The van der Waals surface area contributed by atoms with Crippen LogP contribution in [0.5, 0.6) is 0 Å². The first-order valence-electron chi connectivity index (χ1n) is 39.6. The molecule has 0 saturated carbocycles. The van der Waals surface area contributed by atoms with Gasteiger partial charge in [0.25, 0.3) is 25.8 Å². The van der Waals surface area contributed by atoms with Crippen LogP contribution < -0.4 is 25.6 Å². The molecule has 1 aliphatic carbocycles. The molecule has 0 radical (unpaired) electrons. The van der Waals surface area contributed by atoms with Gasteiger partial charge in [0.1, 0.15) is 17.0 Å². The van der Waals surface area contributed by atoms with Crippen molar-refractivity contribution in [3.63, 3.8) is 0 Å². The van der Waals surface area contributed by atoms with Gasteiger partial charge in [-0.15, -0.1) is 23.1 Å². The smallest absolute Gasteiger partial charge is 0.391 e. The summed E-state index contributed by atoms with van der Waals surface area (Å²) in [6.45, 7) is 22.8. The van der Waals surface area contributed by atoms with Gasteiger partial charge < -0.3 is 45.4 Å². The molecule has 1 aromatic heterocycles. The van der Waals surface area contributed by atoms with E-state index in [1.54, 1.807) is 23.5 Å². The number of unbranched alkanes of at least 4 members (excludes halogenated alkanes) is 2. The van der Waals surface area contributed by atoms with Gasteiger partial charge in [-0.05, 0) is 178 Å². The number of sulfonamides is 1. The molecule has 6 heterocycles. The number of nitrogens with zero attached hydrogens (tertiary/aromatic N) is 7. The van der Waals surface area contributed by atoms with Gasteiger partial charge in [0, 0.05) is 136 Å². The monoisotopic (exact) mass is 1670 g/mol. The Labute approximate surface area is 681 Å². The maximum atomic E-state index is 14.4. The van der Waals surface area contributed by atoms with E-state index in [9.17, 15) is 59.1 Å². The Morgan fingerprint density at radius 1 is 0.781 bits per heavy atom. The van der Waals surface area contributed by atoms with Gasteiger partial charge in [-0.2, -0.15) is 13.2 Å². The number of sulfone groups is 1. The molecule has 5 N–H and O–H groups in total. The number of benzene rings is 5. The Morgan fingerprint density at radius 3 is 2.11 bits per heavy atom. The summed E-state index contributed by atoms with van der Waals surface area (Å²) in [5.74, 6) is -1.64. The molecule has 6 aromatic rings. The minimum absolute atomic E-state index is 0.0193. The number of allylic oxidation sites excluding steroid dienone is 1. The van der Waals surface area contributed by atoms with E-state index < -0.39 is 82.3 Å². The number of hydrogen-bond acceptors (Lipinski definition) is 19. The highest BCUT2D eigenvalue weighted by molar-refractivity contribution is 7.99. The molecule has 12 rings (SSSR count). The number of aliphatic hydroxyl groups excluding tert-OH is 1. The summed E-state index contributed by atoms with van der Waals surface area (Å²) in [5.41, 5.74) is 2.63. The van der Waals surface area contributed by atoms with E-state index >= 15 is 0 Å². The van der Waals surface area contributed by atoms with Gasteiger partial charge in [0.05, 0.1) is 52.0 Å². The molecule has 5 saturated heterocycles. The number of β-amino-alcohol motifs (C(OH)–C–C–N with tert-alkyl or cyclic N) is 1. The lowest BCUT2D eigenvalue weighted by Gasteiger charge is -2.55. The van der Waals surface area contributed by atoms with Crippen LogP contribution in [0.25, 0.3) is 16.0 Å². The number of ether oxygens (including phenoxy) is 1. The summed E-state index contributed by atoms with van der Waals surface area (Å²) in [7, 11) is -11.0. The van der Waals surface area contributed by atoms with Crippen molar-refractivity contribution in [3.05, 3.63) is 160 Å². The number of morpholine rings is 1. The number of thioether (sulfide) groups is 1. The van der Waals surface area contributed by atoms with E-state index in [0.29, 0.717) is 94.9 Å². The highest BCUT2D eigenvalue weighted by atomic mass is 35.5. The number of nitrogens with one attached hydrogen (secondary N) is 4. The lowest BCUT2D eigenvalue weighted by molar-refractivity contribution is -0.147. The zero-order valence-corrected chi connectivity index (χ0v) is 69.8. The van der Waals surface area contributed by atoms with Crippen molar-refractivity contribution < 1.29 is 63.8 Å². The van der Waals surface area contributed by atoms with Gasteiger partial charge in [-0.3, -0.25) is 33.8 Å². The first kappa shape index (κ1) is 85.9. The third-order valence-corrected chi connectivity index (χ3v) is 28.6. The molecule has 1 unspecified atom stereocenters. The maximum Gasteiger partial charge on any atom is 0.501 e. The van der Waals surface area contributed by atoms with Crippen LogP contribution in [0.1, 0.15) is 145 Å².